The second kappa shape index (κ2) is 6.37. The van der Waals surface area contributed by atoms with E-state index in [1.54, 1.807) is 30.3 Å². The van der Waals surface area contributed by atoms with Crippen molar-refractivity contribution in [1.82, 2.24) is 9.55 Å². The second-order valence-electron chi connectivity index (χ2n) is 5.05. The Balaban J connectivity index is 2.15. The molecule has 2 aromatic carbocycles. The van der Waals surface area contributed by atoms with Gasteiger partial charge in [0, 0.05) is 0 Å². The van der Waals surface area contributed by atoms with Gasteiger partial charge in [0.15, 0.2) is 0 Å². The van der Waals surface area contributed by atoms with Gasteiger partial charge in [0.1, 0.15) is 6.61 Å². The Kier molecular flexibility index (Phi) is 4.11. The minimum atomic E-state index is -0.574. The Morgan fingerprint density at radius 3 is 2.62 bits per heavy atom. The van der Waals surface area contributed by atoms with Crippen molar-refractivity contribution >= 4 is 16.9 Å². The summed E-state index contributed by atoms with van der Waals surface area (Å²) in [5.74, 6) is -0.551. The third kappa shape index (κ3) is 2.77. The Bertz CT molecular complexity index is 1030. The first-order chi connectivity index (χ1) is 11.6. The third-order valence-corrected chi connectivity index (χ3v) is 3.48. The molecule has 0 aliphatic carbocycles. The van der Waals surface area contributed by atoms with Gasteiger partial charge in [-0.2, -0.15) is 0 Å². The number of nitrogens with zero attached hydrogens (tertiary/aromatic N) is 1. The molecule has 3 aromatic rings. The maximum Gasteiger partial charge on any atom is 0.338 e. The number of ether oxygens (including phenoxy) is 1. The van der Waals surface area contributed by atoms with E-state index in [4.69, 9.17) is 4.74 Å². The Morgan fingerprint density at radius 2 is 1.92 bits per heavy atom. The first-order valence-electron chi connectivity index (χ1n) is 7.24. The maximum atomic E-state index is 12.6. The van der Waals surface area contributed by atoms with Gasteiger partial charge in [-0.05, 0) is 30.3 Å². The summed E-state index contributed by atoms with van der Waals surface area (Å²) in [4.78, 5) is 39.4. The summed E-state index contributed by atoms with van der Waals surface area (Å²) in [7, 11) is 0. The molecule has 1 heterocycles. The van der Waals surface area contributed by atoms with E-state index in [-0.39, 0.29) is 17.7 Å². The molecular formula is C18H14N2O4. The van der Waals surface area contributed by atoms with Crippen LogP contribution < -0.4 is 11.2 Å². The molecule has 0 amide bonds. The molecule has 120 valence electrons. The lowest BCUT2D eigenvalue weighted by Gasteiger charge is -2.07. The molecule has 0 fully saturated rings. The van der Waals surface area contributed by atoms with Crippen LogP contribution in [0.2, 0.25) is 0 Å². The number of para-hydroxylation sites is 1. The predicted octanol–water partition coefficient (Wildman–Crippen LogP) is 2.02. The number of benzene rings is 2. The normalized spacial score (nSPS) is 10.5. The van der Waals surface area contributed by atoms with Crippen LogP contribution >= 0.6 is 0 Å². The largest absolute Gasteiger partial charge is 0.458 e. The minimum Gasteiger partial charge on any atom is -0.458 e. The molecule has 0 aliphatic heterocycles. The zero-order valence-corrected chi connectivity index (χ0v) is 12.7. The average Bonchev–Trinajstić information content (AvgIpc) is 2.60. The highest BCUT2D eigenvalue weighted by atomic mass is 16.5. The standard InChI is InChI=1S/C18H14N2O4/c1-2-10-24-17(22)12-8-9-14-15(11-12)19-18(23)20(16(14)21)13-6-4-3-5-7-13/h2-9,11H,1,10H2,(H,19,23). The fraction of sp³-hybridized carbons (Fsp3) is 0.0556. The molecule has 0 aliphatic rings. The van der Waals surface area contributed by atoms with Crippen LogP contribution in [0.4, 0.5) is 0 Å². The summed E-state index contributed by atoms with van der Waals surface area (Å²) in [6, 6.07) is 13.0. The molecule has 0 radical (unpaired) electrons. The predicted molar refractivity (Wildman–Crippen MR) is 90.6 cm³/mol. The van der Waals surface area contributed by atoms with E-state index in [2.05, 4.69) is 11.6 Å². The summed E-state index contributed by atoms with van der Waals surface area (Å²) < 4.78 is 6.00. The highest BCUT2D eigenvalue weighted by Crippen LogP contribution is 2.11. The van der Waals surface area contributed by atoms with Gasteiger partial charge in [0.05, 0.1) is 22.2 Å². The molecule has 0 atom stereocenters. The molecular weight excluding hydrogens is 308 g/mol. The zero-order chi connectivity index (χ0) is 17.1. The lowest BCUT2D eigenvalue weighted by molar-refractivity contribution is 0.0550. The van der Waals surface area contributed by atoms with Gasteiger partial charge in [-0.1, -0.05) is 30.9 Å². The molecule has 0 saturated carbocycles. The van der Waals surface area contributed by atoms with Gasteiger partial charge in [0.25, 0.3) is 5.56 Å². The van der Waals surface area contributed by atoms with Crippen LogP contribution in [0.1, 0.15) is 10.4 Å². The number of H-pyrrole nitrogens is 1. The smallest absolute Gasteiger partial charge is 0.338 e. The van der Waals surface area contributed by atoms with E-state index < -0.39 is 17.2 Å². The van der Waals surface area contributed by atoms with E-state index in [0.29, 0.717) is 11.1 Å². The lowest BCUT2D eigenvalue weighted by atomic mass is 10.1. The molecule has 0 saturated heterocycles. The zero-order valence-electron chi connectivity index (χ0n) is 12.7. The topological polar surface area (TPSA) is 81.2 Å². The van der Waals surface area contributed by atoms with Crippen molar-refractivity contribution in [3.8, 4) is 5.69 Å². The van der Waals surface area contributed by atoms with E-state index >= 15 is 0 Å². The summed E-state index contributed by atoms with van der Waals surface area (Å²) >= 11 is 0. The third-order valence-electron chi connectivity index (χ3n) is 3.48. The van der Waals surface area contributed by atoms with Gasteiger partial charge in [-0.3, -0.25) is 4.79 Å². The number of rotatable bonds is 4. The van der Waals surface area contributed by atoms with E-state index in [1.165, 1.54) is 24.3 Å². The van der Waals surface area contributed by atoms with Crippen molar-refractivity contribution in [2.24, 2.45) is 0 Å². The first kappa shape index (κ1) is 15.5. The van der Waals surface area contributed by atoms with Crippen molar-refractivity contribution in [2.45, 2.75) is 0 Å². The van der Waals surface area contributed by atoms with Crippen LogP contribution in [0.15, 0.2) is 70.8 Å². The molecule has 3 rings (SSSR count). The molecule has 0 unspecified atom stereocenters. The fourth-order valence-electron chi connectivity index (χ4n) is 2.37. The lowest BCUT2D eigenvalue weighted by Crippen LogP contribution is -2.33. The summed E-state index contributed by atoms with van der Waals surface area (Å²) in [6.07, 6.45) is 1.46. The van der Waals surface area contributed by atoms with Crippen LogP contribution in [0, 0.1) is 0 Å². The highest BCUT2D eigenvalue weighted by molar-refractivity contribution is 5.94. The van der Waals surface area contributed by atoms with Crippen molar-refractivity contribution in [2.75, 3.05) is 6.61 Å². The number of fused-ring (bicyclic) bond motifs is 1. The highest BCUT2D eigenvalue weighted by Gasteiger charge is 2.12. The van der Waals surface area contributed by atoms with Crippen molar-refractivity contribution in [1.29, 1.82) is 0 Å². The number of carbonyl (C=O) groups excluding carboxylic acids is 1. The molecule has 0 spiro atoms. The number of carbonyl (C=O) groups is 1. The van der Waals surface area contributed by atoms with E-state index in [0.717, 1.165) is 4.57 Å². The van der Waals surface area contributed by atoms with Crippen molar-refractivity contribution < 1.29 is 9.53 Å². The molecule has 6 nitrogen and oxygen atoms in total. The van der Waals surface area contributed by atoms with E-state index in [1.807, 2.05) is 0 Å². The fourth-order valence-corrected chi connectivity index (χ4v) is 2.37. The number of aromatic nitrogens is 2. The van der Waals surface area contributed by atoms with Crippen molar-refractivity contribution in [3.05, 3.63) is 87.6 Å². The average molecular weight is 322 g/mol. The molecule has 24 heavy (non-hydrogen) atoms. The van der Waals surface area contributed by atoms with Crippen LogP contribution in [-0.4, -0.2) is 22.1 Å². The van der Waals surface area contributed by atoms with Crippen LogP contribution in [-0.2, 0) is 4.74 Å². The first-order valence-corrected chi connectivity index (χ1v) is 7.24. The van der Waals surface area contributed by atoms with Gasteiger partial charge in [-0.25, -0.2) is 14.2 Å². The van der Waals surface area contributed by atoms with Crippen molar-refractivity contribution in [3.63, 3.8) is 0 Å². The SMILES string of the molecule is C=CCOC(=O)c1ccc2c(=O)n(-c3ccccc3)c(=O)[nH]c2c1. The van der Waals surface area contributed by atoms with E-state index in [9.17, 15) is 14.4 Å². The number of esters is 1. The van der Waals surface area contributed by atoms with Crippen LogP contribution in [0.3, 0.4) is 0 Å². The molecule has 0 bridgehead atoms. The molecule has 1 N–H and O–H groups in total. The Labute approximate surface area is 136 Å². The number of hydrogen-bond donors (Lipinski definition) is 1. The van der Waals surface area contributed by atoms with Crippen LogP contribution in [0.25, 0.3) is 16.6 Å². The van der Waals surface area contributed by atoms with Gasteiger partial charge >= 0.3 is 11.7 Å². The van der Waals surface area contributed by atoms with Gasteiger partial charge in [-0.15, -0.1) is 0 Å². The molecule has 1 aromatic heterocycles. The summed E-state index contributed by atoms with van der Waals surface area (Å²) in [5.41, 5.74) is -0.0246. The second-order valence-corrected chi connectivity index (χ2v) is 5.05. The molecule has 6 heteroatoms. The monoisotopic (exact) mass is 322 g/mol. The maximum absolute atomic E-state index is 12.6. The number of nitrogens with one attached hydrogen (secondary N) is 1. The Hall–Kier alpha value is -3.41. The summed E-state index contributed by atoms with van der Waals surface area (Å²) in [5, 5.41) is 0.304. The quantitative estimate of drug-likeness (QED) is 0.588. The summed E-state index contributed by atoms with van der Waals surface area (Å²) in [6.45, 7) is 3.56. The van der Waals surface area contributed by atoms with Crippen LogP contribution in [0.5, 0.6) is 0 Å². The minimum absolute atomic E-state index is 0.0863. The Morgan fingerprint density at radius 1 is 1.17 bits per heavy atom. The van der Waals surface area contributed by atoms with Gasteiger partial charge in [0.2, 0.25) is 0 Å². The number of hydrogen-bond acceptors (Lipinski definition) is 4. The van der Waals surface area contributed by atoms with Gasteiger partial charge < -0.3 is 9.72 Å². The number of aromatic amines is 1.